The van der Waals surface area contributed by atoms with Crippen molar-refractivity contribution in [3.63, 3.8) is 0 Å². The van der Waals surface area contributed by atoms with E-state index in [2.05, 4.69) is 23.2 Å². The number of hydrogen-bond acceptors (Lipinski definition) is 3. The van der Waals surface area contributed by atoms with Crippen molar-refractivity contribution < 1.29 is 4.79 Å². The van der Waals surface area contributed by atoms with E-state index in [0.29, 0.717) is 13.1 Å². The van der Waals surface area contributed by atoms with Crippen molar-refractivity contribution in [3.8, 4) is 6.07 Å². The van der Waals surface area contributed by atoms with E-state index in [-0.39, 0.29) is 11.9 Å². The molecule has 1 aromatic carbocycles. The lowest BCUT2D eigenvalue weighted by Crippen LogP contribution is -2.37. The van der Waals surface area contributed by atoms with Gasteiger partial charge in [0.15, 0.2) is 0 Å². The number of urea groups is 1. The van der Waals surface area contributed by atoms with Crippen LogP contribution < -0.4 is 10.2 Å². The standard InChI is InChI=1S/C16H24N4O/c1-5-19(4)15-9-7-8-14(10-15)18-16(21)20(6-2)12-13(3)11-17/h7-10,13H,5-6,12H2,1-4H3,(H,18,21). The number of anilines is 2. The molecule has 21 heavy (non-hydrogen) atoms. The van der Waals surface area contributed by atoms with E-state index in [1.165, 1.54) is 0 Å². The molecule has 0 aliphatic carbocycles. The van der Waals surface area contributed by atoms with Gasteiger partial charge in [0.1, 0.15) is 0 Å². The molecule has 1 unspecified atom stereocenters. The Morgan fingerprint density at radius 1 is 1.38 bits per heavy atom. The first kappa shape index (κ1) is 16.8. The van der Waals surface area contributed by atoms with Crippen LogP contribution in [-0.2, 0) is 0 Å². The zero-order valence-electron chi connectivity index (χ0n) is 13.3. The summed E-state index contributed by atoms with van der Waals surface area (Å²) < 4.78 is 0. The maximum Gasteiger partial charge on any atom is 0.321 e. The fraction of sp³-hybridized carbons (Fsp3) is 0.500. The predicted molar refractivity (Wildman–Crippen MR) is 86.4 cm³/mol. The molecule has 0 radical (unpaired) electrons. The predicted octanol–water partition coefficient (Wildman–Crippen LogP) is 3.16. The Kier molecular flexibility index (Phi) is 6.54. The summed E-state index contributed by atoms with van der Waals surface area (Å²) >= 11 is 0. The second-order valence-corrected chi connectivity index (χ2v) is 5.06. The van der Waals surface area contributed by atoms with E-state index in [0.717, 1.165) is 17.9 Å². The van der Waals surface area contributed by atoms with Gasteiger partial charge >= 0.3 is 6.03 Å². The average Bonchev–Trinajstić information content (AvgIpc) is 2.51. The average molecular weight is 288 g/mol. The first-order chi connectivity index (χ1) is 10.0. The van der Waals surface area contributed by atoms with Gasteiger partial charge in [-0.1, -0.05) is 6.07 Å². The first-order valence-electron chi connectivity index (χ1n) is 7.28. The van der Waals surface area contributed by atoms with Gasteiger partial charge < -0.3 is 15.1 Å². The van der Waals surface area contributed by atoms with Crippen molar-refractivity contribution in [2.45, 2.75) is 20.8 Å². The van der Waals surface area contributed by atoms with E-state index in [1.54, 1.807) is 4.90 Å². The number of carbonyl (C=O) groups is 1. The summed E-state index contributed by atoms with van der Waals surface area (Å²) in [5.41, 5.74) is 1.82. The van der Waals surface area contributed by atoms with Crippen molar-refractivity contribution >= 4 is 17.4 Å². The minimum atomic E-state index is -0.173. The Hall–Kier alpha value is -2.22. The summed E-state index contributed by atoms with van der Waals surface area (Å²) in [7, 11) is 2.01. The van der Waals surface area contributed by atoms with Crippen LogP contribution in [0.25, 0.3) is 0 Å². The summed E-state index contributed by atoms with van der Waals surface area (Å²) in [6.07, 6.45) is 0. The van der Waals surface area contributed by atoms with Crippen LogP contribution >= 0.6 is 0 Å². The second-order valence-electron chi connectivity index (χ2n) is 5.06. The van der Waals surface area contributed by atoms with Crippen molar-refractivity contribution in [3.05, 3.63) is 24.3 Å². The highest BCUT2D eigenvalue weighted by atomic mass is 16.2. The fourth-order valence-electron chi connectivity index (χ4n) is 1.93. The number of nitrogens with zero attached hydrogens (tertiary/aromatic N) is 3. The Morgan fingerprint density at radius 2 is 2.10 bits per heavy atom. The minimum absolute atomic E-state index is 0.170. The molecule has 2 amide bonds. The number of hydrogen-bond donors (Lipinski definition) is 1. The van der Waals surface area contributed by atoms with Crippen LogP contribution in [0.1, 0.15) is 20.8 Å². The number of carbonyl (C=O) groups excluding carboxylic acids is 1. The maximum atomic E-state index is 12.2. The quantitative estimate of drug-likeness (QED) is 0.874. The van der Waals surface area contributed by atoms with Gasteiger partial charge in [-0.25, -0.2) is 4.79 Å². The normalized spacial score (nSPS) is 11.4. The molecule has 1 N–H and O–H groups in total. The number of rotatable bonds is 6. The zero-order valence-corrected chi connectivity index (χ0v) is 13.3. The molecule has 1 atom stereocenters. The summed E-state index contributed by atoms with van der Waals surface area (Å²) in [5.74, 6) is -0.173. The molecule has 5 heteroatoms. The molecule has 1 rings (SSSR count). The molecular formula is C16H24N4O. The highest BCUT2D eigenvalue weighted by Gasteiger charge is 2.15. The Balaban J connectivity index is 2.75. The maximum absolute atomic E-state index is 12.2. The van der Waals surface area contributed by atoms with Crippen LogP contribution in [0.3, 0.4) is 0 Å². The van der Waals surface area contributed by atoms with Gasteiger partial charge in [-0.3, -0.25) is 0 Å². The number of nitriles is 1. The molecule has 0 fully saturated rings. The minimum Gasteiger partial charge on any atom is -0.375 e. The van der Waals surface area contributed by atoms with E-state index in [4.69, 9.17) is 5.26 Å². The van der Waals surface area contributed by atoms with Crippen LogP contribution in [0.4, 0.5) is 16.2 Å². The molecule has 0 aliphatic heterocycles. The van der Waals surface area contributed by atoms with Gasteiger partial charge in [0.25, 0.3) is 0 Å². The monoisotopic (exact) mass is 288 g/mol. The molecule has 5 nitrogen and oxygen atoms in total. The lowest BCUT2D eigenvalue weighted by molar-refractivity contribution is 0.210. The van der Waals surface area contributed by atoms with Crippen molar-refractivity contribution in [2.75, 3.05) is 36.9 Å². The van der Waals surface area contributed by atoms with Crippen molar-refractivity contribution in [1.82, 2.24) is 4.90 Å². The van der Waals surface area contributed by atoms with Gasteiger partial charge in [-0.2, -0.15) is 5.26 Å². The van der Waals surface area contributed by atoms with Crippen LogP contribution in [0.2, 0.25) is 0 Å². The van der Waals surface area contributed by atoms with Crippen molar-refractivity contribution in [2.24, 2.45) is 5.92 Å². The fourth-order valence-corrected chi connectivity index (χ4v) is 1.93. The molecule has 0 bridgehead atoms. The summed E-state index contributed by atoms with van der Waals surface area (Å²) in [5, 5.41) is 11.8. The Morgan fingerprint density at radius 3 is 2.67 bits per heavy atom. The third-order valence-corrected chi connectivity index (χ3v) is 3.40. The molecule has 0 aliphatic rings. The first-order valence-corrected chi connectivity index (χ1v) is 7.28. The van der Waals surface area contributed by atoms with Gasteiger partial charge in [-0.15, -0.1) is 0 Å². The van der Waals surface area contributed by atoms with Crippen LogP contribution in [0.15, 0.2) is 24.3 Å². The smallest absolute Gasteiger partial charge is 0.321 e. The number of nitrogens with one attached hydrogen (secondary N) is 1. The highest BCUT2D eigenvalue weighted by molar-refractivity contribution is 5.89. The van der Waals surface area contributed by atoms with Gasteiger partial charge in [0.2, 0.25) is 0 Å². The van der Waals surface area contributed by atoms with E-state index in [1.807, 2.05) is 45.2 Å². The van der Waals surface area contributed by atoms with Crippen LogP contribution in [0.5, 0.6) is 0 Å². The lowest BCUT2D eigenvalue weighted by Gasteiger charge is -2.23. The second kappa shape index (κ2) is 8.15. The SMILES string of the molecule is CCN(CC(C)C#N)C(=O)Nc1cccc(N(C)CC)c1. The molecule has 1 aromatic rings. The molecule has 0 aromatic heterocycles. The number of benzene rings is 1. The van der Waals surface area contributed by atoms with Gasteiger partial charge in [0, 0.05) is 38.1 Å². The van der Waals surface area contributed by atoms with Crippen LogP contribution in [0, 0.1) is 17.2 Å². The molecule has 114 valence electrons. The van der Waals surface area contributed by atoms with E-state index in [9.17, 15) is 4.79 Å². The summed E-state index contributed by atoms with van der Waals surface area (Å²) in [4.78, 5) is 16.0. The Labute approximate surface area is 127 Å². The van der Waals surface area contributed by atoms with Crippen LogP contribution in [-0.4, -0.2) is 37.6 Å². The Bertz CT molecular complexity index is 509. The molecular weight excluding hydrogens is 264 g/mol. The largest absolute Gasteiger partial charge is 0.375 e. The lowest BCUT2D eigenvalue weighted by atomic mass is 10.2. The summed E-state index contributed by atoms with van der Waals surface area (Å²) in [6, 6.07) is 9.73. The van der Waals surface area contributed by atoms with Gasteiger partial charge in [0.05, 0.1) is 12.0 Å². The van der Waals surface area contributed by atoms with E-state index >= 15 is 0 Å². The number of amides is 2. The molecule has 0 heterocycles. The topological polar surface area (TPSA) is 59.4 Å². The zero-order chi connectivity index (χ0) is 15.8. The third kappa shape index (κ3) is 4.99. The van der Waals surface area contributed by atoms with E-state index < -0.39 is 0 Å². The molecule has 0 saturated carbocycles. The highest BCUT2D eigenvalue weighted by Crippen LogP contribution is 2.18. The molecule has 0 spiro atoms. The summed E-state index contributed by atoms with van der Waals surface area (Å²) in [6.45, 7) is 7.71. The van der Waals surface area contributed by atoms with Gasteiger partial charge in [-0.05, 0) is 39.0 Å². The molecule has 0 saturated heterocycles. The van der Waals surface area contributed by atoms with Crippen molar-refractivity contribution in [1.29, 1.82) is 5.26 Å². The third-order valence-electron chi connectivity index (χ3n) is 3.40.